The first-order valence-corrected chi connectivity index (χ1v) is 11.7. The number of aromatic nitrogens is 2. The van der Waals surface area contributed by atoms with Crippen LogP contribution in [0, 0.1) is 0 Å². The minimum Gasteiger partial charge on any atom is -0.491 e. The van der Waals surface area contributed by atoms with E-state index in [9.17, 15) is 4.79 Å². The van der Waals surface area contributed by atoms with Crippen LogP contribution in [0.3, 0.4) is 0 Å². The number of morpholine rings is 1. The fourth-order valence-electron chi connectivity index (χ4n) is 4.45. The van der Waals surface area contributed by atoms with E-state index in [0.29, 0.717) is 36.8 Å². The maximum atomic E-state index is 12.8. The molecule has 4 heterocycles. The Balaban J connectivity index is 0.00000190. The van der Waals surface area contributed by atoms with Gasteiger partial charge in [-0.3, -0.25) is 14.7 Å². The van der Waals surface area contributed by atoms with Crippen LogP contribution >= 0.6 is 24.8 Å². The topological polar surface area (TPSA) is 139 Å². The summed E-state index contributed by atoms with van der Waals surface area (Å²) in [7, 11) is 1.61. The molecule has 0 spiro atoms. The van der Waals surface area contributed by atoms with Crippen LogP contribution in [0.25, 0.3) is 0 Å². The summed E-state index contributed by atoms with van der Waals surface area (Å²) in [5.41, 5.74) is 7.49. The number of ether oxygens (including phenoxy) is 3. The molecule has 5 rings (SSSR count). The summed E-state index contributed by atoms with van der Waals surface area (Å²) in [6.07, 6.45) is 3.17. The minimum atomic E-state index is -0.528. The summed E-state index contributed by atoms with van der Waals surface area (Å²) in [4.78, 5) is 29.7. The van der Waals surface area contributed by atoms with Crippen molar-refractivity contribution in [2.75, 3.05) is 70.7 Å². The predicted molar refractivity (Wildman–Crippen MR) is 144 cm³/mol. The zero-order chi connectivity index (χ0) is 24.2. The van der Waals surface area contributed by atoms with E-state index in [1.54, 1.807) is 7.11 Å². The molecule has 37 heavy (non-hydrogen) atoms. The average Bonchev–Trinajstić information content (AvgIpc) is 3.38. The number of carbonyl (C=O) groups excluding carboxylic acids is 1. The molecule has 0 radical (unpaired) electrons. The smallest absolute Gasteiger partial charge is 0.257 e. The highest BCUT2D eigenvalue weighted by atomic mass is 35.5. The van der Waals surface area contributed by atoms with Gasteiger partial charge in [0.2, 0.25) is 5.95 Å². The van der Waals surface area contributed by atoms with Crippen molar-refractivity contribution >= 4 is 48.2 Å². The average molecular weight is 555 g/mol. The van der Waals surface area contributed by atoms with Gasteiger partial charge in [0.05, 0.1) is 44.7 Å². The molecule has 1 aromatic carbocycles. The molecular formula is C23H32Cl2N8O4. The number of hydrogen-bond acceptors (Lipinski definition) is 11. The van der Waals surface area contributed by atoms with Crippen LogP contribution in [0.4, 0.5) is 11.6 Å². The first-order chi connectivity index (χ1) is 17.1. The predicted octanol–water partition coefficient (Wildman–Crippen LogP) is 1.21. The zero-order valence-electron chi connectivity index (χ0n) is 20.5. The second kappa shape index (κ2) is 13.0. The van der Waals surface area contributed by atoms with Gasteiger partial charge < -0.3 is 35.5 Å². The molecule has 1 aromatic heterocycles. The summed E-state index contributed by atoms with van der Waals surface area (Å²) in [6, 6.07) is 3.89. The van der Waals surface area contributed by atoms with Crippen molar-refractivity contribution in [3.05, 3.63) is 35.7 Å². The molecule has 1 amide bonds. The highest BCUT2D eigenvalue weighted by molar-refractivity contribution is 6.08. The molecule has 0 saturated carbocycles. The van der Waals surface area contributed by atoms with Gasteiger partial charge >= 0.3 is 0 Å². The number of nitrogens with two attached hydrogens (primary N) is 1. The Hall–Kier alpha value is -3.06. The number of nitrogens with one attached hydrogen (secondary N) is 2. The number of halogens is 2. The van der Waals surface area contributed by atoms with E-state index >= 15 is 0 Å². The van der Waals surface area contributed by atoms with Gasteiger partial charge in [-0.05, 0) is 18.6 Å². The van der Waals surface area contributed by atoms with E-state index in [2.05, 4.69) is 30.5 Å². The molecule has 3 aliphatic rings. The van der Waals surface area contributed by atoms with Gasteiger partial charge in [-0.1, -0.05) is 0 Å². The highest BCUT2D eigenvalue weighted by Crippen LogP contribution is 2.42. The van der Waals surface area contributed by atoms with Crippen molar-refractivity contribution in [3.63, 3.8) is 0 Å². The third-order valence-electron chi connectivity index (χ3n) is 6.22. The number of hydrogen-bond donors (Lipinski definition) is 3. The number of rotatable bonds is 8. The van der Waals surface area contributed by atoms with Crippen LogP contribution in [-0.4, -0.2) is 97.5 Å². The van der Waals surface area contributed by atoms with Crippen molar-refractivity contribution in [2.24, 2.45) is 4.99 Å². The number of anilines is 2. The van der Waals surface area contributed by atoms with Crippen molar-refractivity contribution in [1.82, 2.24) is 25.1 Å². The molecule has 2 aromatic rings. The van der Waals surface area contributed by atoms with Gasteiger partial charge in [0.15, 0.2) is 17.8 Å². The lowest BCUT2D eigenvalue weighted by atomic mass is 10.1. The number of methoxy groups -OCH3 is 1. The number of fused-ring (bicyclic) bond motifs is 3. The first kappa shape index (κ1) is 28.5. The zero-order valence-corrected chi connectivity index (χ0v) is 22.1. The molecule has 3 aliphatic heterocycles. The SMILES string of the molecule is COc1c(OCCCN2CCOCC2)ccc2c1NC(NC(=O)c1cnc(N)nc1)N1CCN=C21.Cl.Cl. The quantitative estimate of drug-likeness (QED) is 0.408. The fraction of sp³-hybridized carbons (Fsp3) is 0.478. The van der Waals surface area contributed by atoms with Gasteiger partial charge in [0.25, 0.3) is 5.91 Å². The normalized spacial score (nSPS) is 18.2. The minimum absolute atomic E-state index is 0. The molecule has 12 nitrogen and oxygen atoms in total. The van der Waals surface area contributed by atoms with Crippen LogP contribution in [0.1, 0.15) is 22.3 Å². The van der Waals surface area contributed by atoms with Crippen LogP contribution in [0.2, 0.25) is 0 Å². The number of nitrogen functional groups attached to an aromatic ring is 1. The molecule has 14 heteroatoms. The first-order valence-electron chi connectivity index (χ1n) is 11.7. The molecule has 1 unspecified atom stereocenters. The van der Waals surface area contributed by atoms with Crippen molar-refractivity contribution in [2.45, 2.75) is 12.7 Å². The molecule has 1 fully saturated rings. The molecule has 1 atom stereocenters. The summed E-state index contributed by atoms with van der Waals surface area (Å²) in [6.45, 7) is 6.33. The number of aliphatic imine (C=N–C) groups is 1. The maximum absolute atomic E-state index is 12.8. The third-order valence-corrected chi connectivity index (χ3v) is 6.22. The van der Waals surface area contributed by atoms with Crippen molar-refractivity contribution < 1.29 is 19.0 Å². The largest absolute Gasteiger partial charge is 0.491 e. The van der Waals surface area contributed by atoms with E-state index in [1.807, 2.05) is 17.0 Å². The summed E-state index contributed by atoms with van der Waals surface area (Å²) in [5, 5.41) is 6.39. The second-order valence-corrected chi connectivity index (χ2v) is 8.42. The monoisotopic (exact) mass is 554 g/mol. The number of amides is 1. The lowest BCUT2D eigenvalue weighted by molar-refractivity contribution is 0.0357. The molecule has 1 saturated heterocycles. The maximum Gasteiger partial charge on any atom is 0.257 e. The van der Waals surface area contributed by atoms with E-state index < -0.39 is 6.29 Å². The van der Waals surface area contributed by atoms with E-state index in [4.69, 9.17) is 19.9 Å². The number of carbonyl (C=O) groups is 1. The molecule has 0 aliphatic carbocycles. The molecular weight excluding hydrogens is 523 g/mol. The highest BCUT2D eigenvalue weighted by Gasteiger charge is 2.36. The van der Waals surface area contributed by atoms with Gasteiger partial charge in [-0.2, -0.15) is 0 Å². The van der Waals surface area contributed by atoms with Gasteiger partial charge in [-0.15, -0.1) is 24.8 Å². The molecule has 0 bridgehead atoms. The standard InChI is InChI=1S/C23H30N8O4.2ClH/c1-33-19-17(35-10-2-6-30-8-11-34-12-9-30)4-3-16-18(19)28-23(31-7-5-25-20(16)31)29-21(32)15-13-26-22(24)27-14-15;;/h3-4,13-14,23,28H,2,5-12H2,1H3,(H,29,32)(H2,24,26,27);2*1H. The Labute approximate surface area is 227 Å². The summed E-state index contributed by atoms with van der Waals surface area (Å²) >= 11 is 0. The Kier molecular flexibility index (Phi) is 9.98. The van der Waals surface area contributed by atoms with E-state index in [-0.39, 0.29) is 36.7 Å². The Morgan fingerprint density at radius 1 is 1.22 bits per heavy atom. The molecule has 202 valence electrons. The lowest BCUT2D eigenvalue weighted by Crippen LogP contribution is -2.57. The number of amidine groups is 1. The van der Waals surface area contributed by atoms with Crippen molar-refractivity contribution in [1.29, 1.82) is 0 Å². The Morgan fingerprint density at radius 3 is 2.70 bits per heavy atom. The van der Waals surface area contributed by atoms with Crippen LogP contribution in [0.15, 0.2) is 29.5 Å². The lowest BCUT2D eigenvalue weighted by Gasteiger charge is -2.38. The van der Waals surface area contributed by atoms with Crippen molar-refractivity contribution in [3.8, 4) is 11.5 Å². The van der Waals surface area contributed by atoms with E-state index in [0.717, 1.165) is 56.4 Å². The third kappa shape index (κ3) is 6.27. The summed E-state index contributed by atoms with van der Waals surface area (Å²) in [5.74, 6) is 1.81. The van der Waals surface area contributed by atoms with Gasteiger partial charge in [0, 0.05) is 44.1 Å². The van der Waals surface area contributed by atoms with Gasteiger partial charge in [-0.25, -0.2) is 9.97 Å². The van der Waals surface area contributed by atoms with E-state index in [1.165, 1.54) is 12.4 Å². The Morgan fingerprint density at radius 2 is 1.97 bits per heavy atom. The van der Waals surface area contributed by atoms with Crippen LogP contribution < -0.4 is 25.8 Å². The number of benzene rings is 1. The Bertz CT molecular complexity index is 1100. The number of nitrogens with zero attached hydrogens (tertiary/aromatic N) is 5. The summed E-state index contributed by atoms with van der Waals surface area (Å²) < 4.78 is 17.3. The fourth-order valence-corrected chi connectivity index (χ4v) is 4.45. The molecule has 4 N–H and O–H groups in total. The second-order valence-electron chi connectivity index (χ2n) is 8.42. The van der Waals surface area contributed by atoms with Gasteiger partial charge in [0.1, 0.15) is 5.84 Å². The van der Waals surface area contributed by atoms with Crippen LogP contribution in [0.5, 0.6) is 11.5 Å². The van der Waals surface area contributed by atoms with Crippen LogP contribution in [-0.2, 0) is 4.74 Å².